The molecule has 2 amide bonds. The summed E-state index contributed by atoms with van der Waals surface area (Å²) in [5.41, 5.74) is 0.574. The average Bonchev–Trinajstić information content (AvgIpc) is 2.18. The molecule has 2 N–H and O–H groups in total. The van der Waals surface area contributed by atoms with Crippen LogP contribution >= 0.6 is 15.9 Å². The second-order valence-corrected chi connectivity index (χ2v) is 4.71. The van der Waals surface area contributed by atoms with Gasteiger partial charge in [-0.2, -0.15) is 0 Å². The minimum absolute atomic E-state index is 0.233. The predicted molar refractivity (Wildman–Crippen MR) is 63.9 cm³/mol. The van der Waals surface area contributed by atoms with E-state index in [1.54, 1.807) is 0 Å². The Bertz CT molecular complexity index is 407. The van der Waals surface area contributed by atoms with Crippen LogP contribution in [0.2, 0.25) is 0 Å². The van der Waals surface area contributed by atoms with Crippen LogP contribution in [0.5, 0.6) is 0 Å². The fraction of sp³-hybridized carbons (Fsp3) is 0.364. The van der Waals surface area contributed by atoms with E-state index in [1.165, 1.54) is 24.6 Å². The van der Waals surface area contributed by atoms with E-state index in [1.807, 2.05) is 0 Å². The summed E-state index contributed by atoms with van der Waals surface area (Å²) in [5.74, 6) is -0.343. The summed E-state index contributed by atoms with van der Waals surface area (Å²) in [6, 6.07) is 4.44. The second-order valence-electron chi connectivity index (χ2n) is 3.86. The molecule has 1 saturated carbocycles. The van der Waals surface area contributed by atoms with Crippen LogP contribution in [0.3, 0.4) is 0 Å². The zero-order chi connectivity index (χ0) is 11.5. The largest absolute Gasteiger partial charge is 0.335 e. The highest BCUT2D eigenvalue weighted by atomic mass is 79.9. The van der Waals surface area contributed by atoms with Gasteiger partial charge in [-0.3, -0.25) is 0 Å². The van der Waals surface area contributed by atoms with Crippen molar-refractivity contribution in [3.05, 3.63) is 28.5 Å². The third kappa shape index (κ3) is 2.72. The van der Waals surface area contributed by atoms with E-state index >= 15 is 0 Å². The van der Waals surface area contributed by atoms with Crippen molar-refractivity contribution in [1.29, 1.82) is 0 Å². The second kappa shape index (κ2) is 4.82. The van der Waals surface area contributed by atoms with Gasteiger partial charge in [-0.05, 0) is 53.4 Å². The highest BCUT2D eigenvalue weighted by Gasteiger charge is 2.19. The Labute approximate surface area is 102 Å². The number of amides is 2. The van der Waals surface area contributed by atoms with Gasteiger partial charge in [0.15, 0.2) is 0 Å². The maximum Gasteiger partial charge on any atom is 0.319 e. The lowest BCUT2D eigenvalue weighted by molar-refractivity contribution is 0.240. The van der Waals surface area contributed by atoms with Crippen LogP contribution in [-0.2, 0) is 0 Å². The fourth-order valence-corrected chi connectivity index (χ4v) is 1.86. The third-order valence-corrected chi connectivity index (χ3v) is 3.23. The molecule has 0 aliphatic heterocycles. The first-order valence-corrected chi connectivity index (χ1v) is 5.97. The summed E-state index contributed by atoms with van der Waals surface area (Å²) in [6.07, 6.45) is 3.26. The van der Waals surface area contributed by atoms with Crippen LogP contribution in [0.25, 0.3) is 0 Å². The minimum atomic E-state index is -0.343. The van der Waals surface area contributed by atoms with Crippen molar-refractivity contribution in [3.8, 4) is 0 Å². The van der Waals surface area contributed by atoms with E-state index < -0.39 is 0 Å². The molecule has 0 atom stereocenters. The van der Waals surface area contributed by atoms with Crippen molar-refractivity contribution in [1.82, 2.24) is 5.32 Å². The van der Waals surface area contributed by atoms with Gasteiger partial charge in [-0.15, -0.1) is 0 Å². The molecule has 2 rings (SSSR count). The summed E-state index contributed by atoms with van der Waals surface area (Å²) in [6.45, 7) is 0. The Kier molecular flexibility index (Phi) is 3.43. The van der Waals surface area contributed by atoms with Gasteiger partial charge in [0.05, 0.1) is 4.47 Å². The van der Waals surface area contributed by atoms with E-state index in [0.29, 0.717) is 16.2 Å². The maximum absolute atomic E-state index is 12.9. The lowest BCUT2D eigenvalue weighted by atomic mass is 9.93. The smallest absolute Gasteiger partial charge is 0.319 e. The first-order valence-electron chi connectivity index (χ1n) is 5.18. The lowest BCUT2D eigenvalue weighted by Crippen LogP contribution is -2.41. The van der Waals surface area contributed by atoms with Gasteiger partial charge in [-0.25, -0.2) is 9.18 Å². The minimum Gasteiger partial charge on any atom is -0.335 e. The molecule has 0 radical (unpaired) electrons. The Morgan fingerprint density at radius 1 is 1.44 bits per heavy atom. The molecule has 1 fully saturated rings. The van der Waals surface area contributed by atoms with Crippen molar-refractivity contribution in [2.24, 2.45) is 0 Å². The summed E-state index contributed by atoms with van der Waals surface area (Å²) in [7, 11) is 0. The van der Waals surface area contributed by atoms with Crippen LogP contribution in [-0.4, -0.2) is 12.1 Å². The highest BCUT2D eigenvalue weighted by Crippen LogP contribution is 2.21. The van der Waals surface area contributed by atoms with E-state index in [4.69, 9.17) is 0 Å². The summed E-state index contributed by atoms with van der Waals surface area (Å²) < 4.78 is 13.3. The van der Waals surface area contributed by atoms with Crippen LogP contribution in [0.1, 0.15) is 19.3 Å². The molecular formula is C11H12BrFN2O. The molecule has 0 spiro atoms. The standard InChI is InChI=1S/C11H12BrFN2O/c12-9-6-8(4-5-10(9)13)15-11(16)14-7-2-1-3-7/h4-7H,1-3H2,(H2,14,15,16). The third-order valence-electron chi connectivity index (χ3n) is 2.62. The van der Waals surface area contributed by atoms with Gasteiger partial charge in [0.2, 0.25) is 0 Å². The molecule has 0 unspecified atom stereocenters. The molecule has 3 nitrogen and oxygen atoms in total. The fourth-order valence-electron chi connectivity index (χ4n) is 1.48. The molecule has 0 saturated heterocycles. The van der Waals surface area contributed by atoms with E-state index in [-0.39, 0.29) is 11.8 Å². The van der Waals surface area contributed by atoms with Gasteiger partial charge in [0.1, 0.15) is 5.82 Å². The first-order chi connectivity index (χ1) is 7.65. The van der Waals surface area contributed by atoms with Crippen molar-refractivity contribution in [3.63, 3.8) is 0 Å². The number of carbonyl (C=O) groups excluding carboxylic acids is 1. The normalized spacial score (nSPS) is 15.4. The van der Waals surface area contributed by atoms with Crippen LogP contribution in [0, 0.1) is 5.82 Å². The predicted octanol–water partition coefficient (Wildman–Crippen LogP) is 3.26. The van der Waals surface area contributed by atoms with Crippen LogP contribution in [0.15, 0.2) is 22.7 Å². The number of hydrogen-bond acceptors (Lipinski definition) is 1. The zero-order valence-corrected chi connectivity index (χ0v) is 10.2. The molecule has 1 aromatic carbocycles. The van der Waals surface area contributed by atoms with Gasteiger partial charge < -0.3 is 10.6 Å². The molecule has 1 aliphatic rings. The topological polar surface area (TPSA) is 41.1 Å². The van der Waals surface area contributed by atoms with E-state index in [0.717, 1.165) is 12.8 Å². The van der Waals surface area contributed by atoms with Gasteiger partial charge in [-0.1, -0.05) is 0 Å². The molecule has 5 heteroatoms. The molecular weight excluding hydrogens is 275 g/mol. The first kappa shape index (κ1) is 11.4. The summed E-state index contributed by atoms with van der Waals surface area (Å²) in [5, 5.41) is 5.50. The zero-order valence-electron chi connectivity index (χ0n) is 8.59. The number of carbonyl (C=O) groups is 1. The number of nitrogens with one attached hydrogen (secondary N) is 2. The van der Waals surface area contributed by atoms with Gasteiger partial charge in [0.25, 0.3) is 0 Å². The van der Waals surface area contributed by atoms with E-state index in [2.05, 4.69) is 26.6 Å². The summed E-state index contributed by atoms with van der Waals surface area (Å²) in [4.78, 5) is 11.5. The number of benzene rings is 1. The molecule has 16 heavy (non-hydrogen) atoms. The quantitative estimate of drug-likeness (QED) is 0.861. The lowest BCUT2D eigenvalue weighted by Gasteiger charge is -2.26. The van der Waals surface area contributed by atoms with Gasteiger partial charge in [0, 0.05) is 11.7 Å². The molecule has 0 aromatic heterocycles. The Morgan fingerprint density at radius 2 is 2.19 bits per heavy atom. The number of anilines is 1. The molecule has 1 aliphatic carbocycles. The van der Waals surface area contributed by atoms with Crippen molar-refractivity contribution in [2.75, 3.05) is 5.32 Å². The molecule has 1 aromatic rings. The number of halogens is 2. The Balaban J connectivity index is 1.92. The van der Waals surface area contributed by atoms with Crippen molar-refractivity contribution in [2.45, 2.75) is 25.3 Å². The number of urea groups is 1. The highest BCUT2D eigenvalue weighted by molar-refractivity contribution is 9.10. The SMILES string of the molecule is O=C(Nc1ccc(F)c(Br)c1)NC1CCC1. The summed E-state index contributed by atoms with van der Waals surface area (Å²) >= 11 is 3.06. The Hall–Kier alpha value is -1.10. The monoisotopic (exact) mass is 286 g/mol. The Morgan fingerprint density at radius 3 is 2.75 bits per heavy atom. The molecule has 0 bridgehead atoms. The number of hydrogen-bond donors (Lipinski definition) is 2. The number of rotatable bonds is 2. The average molecular weight is 287 g/mol. The maximum atomic E-state index is 12.9. The van der Waals surface area contributed by atoms with Crippen LogP contribution in [0.4, 0.5) is 14.9 Å². The van der Waals surface area contributed by atoms with Crippen molar-refractivity contribution < 1.29 is 9.18 Å². The van der Waals surface area contributed by atoms with Crippen molar-refractivity contribution >= 4 is 27.6 Å². The molecule has 0 heterocycles. The molecule has 86 valence electrons. The van der Waals surface area contributed by atoms with Gasteiger partial charge >= 0.3 is 6.03 Å². The van der Waals surface area contributed by atoms with Crippen LogP contribution < -0.4 is 10.6 Å². The van der Waals surface area contributed by atoms with E-state index in [9.17, 15) is 9.18 Å².